The zero-order valence-corrected chi connectivity index (χ0v) is 10.6. The second-order valence-corrected chi connectivity index (χ2v) is 4.96. The molecule has 0 amide bonds. The predicted molar refractivity (Wildman–Crippen MR) is 69.8 cm³/mol. The Labute approximate surface area is 100 Å². The fraction of sp³-hybridized carbons (Fsp3) is 0.308. The van der Waals surface area contributed by atoms with E-state index in [0.29, 0.717) is 6.04 Å². The molecule has 2 aromatic rings. The molecule has 0 saturated heterocycles. The maximum atomic E-state index is 4.49. The molecule has 2 nitrogen and oxygen atoms in total. The van der Waals surface area contributed by atoms with Crippen LogP contribution in [0.4, 0.5) is 0 Å². The van der Waals surface area contributed by atoms with Crippen molar-refractivity contribution < 1.29 is 0 Å². The Morgan fingerprint density at radius 2 is 2.06 bits per heavy atom. The van der Waals surface area contributed by atoms with Gasteiger partial charge in [0.25, 0.3) is 0 Å². The lowest BCUT2D eigenvalue weighted by molar-refractivity contribution is 0.662. The molecule has 0 saturated carbocycles. The molecule has 1 aromatic carbocycles. The highest BCUT2D eigenvalue weighted by atomic mass is 32.1. The number of benzene rings is 1. The van der Waals surface area contributed by atoms with Crippen molar-refractivity contribution in [2.75, 3.05) is 7.05 Å². The van der Waals surface area contributed by atoms with Crippen LogP contribution in [0.15, 0.2) is 30.5 Å². The summed E-state index contributed by atoms with van der Waals surface area (Å²) in [6.07, 6.45) is 1.97. The van der Waals surface area contributed by atoms with Crippen LogP contribution >= 0.6 is 11.3 Å². The number of hydrogen-bond acceptors (Lipinski definition) is 3. The van der Waals surface area contributed by atoms with E-state index in [0.717, 1.165) is 5.01 Å². The van der Waals surface area contributed by atoms with E-state index in [1.54, 1.807) is 11.3 Å². The molecule has 0 radical (unpaired) electrons. The number of thiazole rings is 1. The van der Waals surface area contributed by atoms with Gasteiger partial charge in [0, 0.05) is 22.7 Å². The first-order chi connectivity index (χ1) is 7.72. The van der Waals surface area contributed by atoms with Gasteiger partial charge in [-0.1, -0.05) is 24.3 Å². The standard InChI is InChI=1S/C13H16N2S/c1-9-6-4-5-7-11(9)13-15-8-12(16-13)10(2)14-3/h4-8,10,14H,1-3H3. The van der Waals surface area contributed by atoms with Gasteiger partial charge < -0.3 is 5.32 Å². The highest BCUT2D eigenvalue weighted by molar-refractivity contribution is 7.15. The van der Waals surface area contributed by atoms with Crippen LogP contribution in [0, 0.1) is 6.92 Å². The van der Waals surface area contributed by atoms with Crippen LogP contribution in [-0.2, 0) is 0 Å². The first-order valence-corrected chi connectivity index (χ1v) is 6.23. The topological polar surface area (TPSA) is 24.9 Å². The molecule has 0 spiro atoms. The van der Waals surface area contributed by atoms with Crippen molar-refractivity contribution in [3.8, 4) is 10.6 Å². The maximum absolute atomic E-state index is 4.49. The molecule has 0 aliphatic rings. The minimum absolute atomic E-state index is 0.371. The highest BCUT2D eigenvalue weighted by Crippen LogP contribution is 2.30. The van der Waals surface area contributed by atoms with Gasteiger partial charge in [0.15, 0.2) is 0 Å². The van der Waals surface area contributed by atoms with Crippen molar-refractivity contribution in [3.63, 3.8) is 0 Å². The Kier molecular flexibility index (Phi) is 3.36. The van der Waals surface area contributed by atoms with Crippen LogP contribution in [0.1, 0.15) is 23.4 Å². The van der Waals surface area contributed by atoms with E-state index in [-0.39, 0.29) is 0 Å². The summed E-state index contributed by atoms with van der Waals surface area (Å²) in [7, 11) is 1.97. The molecule has 0 aliphatic heterocycles. The average Bonchev–Trinajstić information content (AvgIpc) is 2.78. The van der Waals surface area contributed by atoms with Crippen molar-refractivity contribution in [1.82, 2.24) is 10.3 Å². The summed E-state index contributed by atoms with van der Waals surface area (Å²) in [5.41, 5.74) is 2.52. The average molecular weight is 232 g/mol. The minimum Gasteiger partial charge on any atom is -0.312 e. The zero-order chi connectivity index (χ0) is 11.5. The van der Waals surface area contributed by atoms with E-state index in [9.17, 15) is 0 Å². The predicted octanol–water partition coefficient (Wildman–Crippen LogP) is 3.40. The molecule has 1 N–H and O–H groups in total. The molecule has 1 heterocycles. The quantitative estimate of drug-likeness (QED) is 0.877. The number of rotatable bonds is 3. The lowest BCUT2D eigenvalue weighted by atomic mass is 10.1. The molecule has 2 rings (SSSR count). The van der Waals surface area contributed by atoms with Crippen LogP contribution < -0.4 is 5.32 Å². The molecule has 1 aromatic heterocycles. The molecule has 0 aliphatic carbocycles. The molecule has 0 fully saturated rings. The van der Waals surface area contributed by atoms with Crippen LogP contribution in [0.25, 0.3) is 10.6 Å². The molecule has 0 bridgehead atoms. The van der Waals surface area contributed by atoms with E-state index in [4.69, 9.17) is 0 Å². The number of aromatic nitrogens is 1. The smallest absolute Gasteiger partial charge is 0.123 e. The highest BCUT2D eigenvalue weighted by Gasteiger charge is 2.10. The fourth-order valence-electron chi connectivity index (χ4n) is 1.57. The third-order valence-corrected chi connectivity index (χ3v) is 3.97. The Bertz CT molecular complexity index is 476. The lowest BCUT2D eigenvalue weighted by Crippen LogP contribution is -2.10. The van der Waals surface area contributed by atoms with Gasteiger partial charge in [-0.25, -0.2) is 4.98 Å². The minimum atomic E-state index is 0.371. The van der Waals surface area contributed by atoms with Crippen molar-refractivity contribution in [2.45, 2.75) is 19.9 Å². The monoisotopic (exact) mass is 232 g/mol. The summed E-state index contributed by atoms with van der Waals surface area (Å²) >= 11 is 1.76. The molecule has 1 unspecified atom stereocenters. The van der Waals surface area contributed by atoms with Crippen molar-refractivity contribution in [1.29, 1.82) is 0 Å². The van der Waals surface area contributed by atoms with Gasteiger partial charge in [-0.3, -0.25) is 0 Å². The summed E-state index contributed by atoms with van der Waals surface area (Å²) < 4.78 is 0. The third kappa shape index (κ3) is 2.15. The second-order valence-electron chi connectivity index (χ2n) is 3.89. The lowest BCUT2D eigenvalue weighted by Gasteiger charge is -2.05. The van der Waals surface area contributed by atoms with Crippen LogP contribution in [0.3, 0.4) is 0 Å². The van der Waals surface area contributed by atoms with E-state index < -0.39 is 0 Å². The zero-order valence-electron chi connectivity index (χ0n) is 9.82. The van der Waals surface area contributed by atoms with Crippen molar-refractivity contribution >= 4 is 11.3 Å². The van der Waals surface area contributed by atoms with E-state index in [2.05, 4.69) is 48.4 Å². The molecule has 1 atom stereocenters. The summed E-state index contributed by atoms with van der Waals surface area (Å²) in [5, 5.41) is 4.34. The first-order valence-electron chi connectivity index (χ1n) is 5.41. The maximum Gasteiger partial charge on any atom is 0.123 e. The van der Waals surface area contributed by atoms with Gasteiger partial charge in [0.1, 0.15) is 5.01 Å². The third-order valence-electron chi connectivity index (χ3n) is 2.76. The van der Waals surface area contributed by atoms with Gasteiger partial charge in [-0.15, -0.1) is 11.3 Å². The molecular weight excluding hydrogens is 216 g/mol. The Balaban J connectivity index is 2.35. The summed E-state index contributed by atoms with van der Waals surface area (Å²) in [6, 6.07) is 8.74. The molecular formula is C13H16N2S. The van der Waals surface area contributed by atoms with E-state index in [1.807, 2.05) is 13.2 Å². The van der Waals surface area contributed by atoms with E-state index >= 15 is 0 Å². The van der Waals surface area contributed by atoms with Crippen LogP contribution in [-0.4, -0.2) is 12.0 Å². The first kappa shape index (κ1) is 11.3. The SMILES string of the molecule is CNC(C)c1cnc(-c2ccccc2C)s1. The van der Waals surface area contributed by atoms with E-state index in [1.165, 1.54) is 16.0 Å². The van der Waals surface area contributed by atoms with Crippen molar-refractivity contribution in [3.05, 3.63) is 40.9 Å². The number of nitrogens with zero attached hydrogens (tertiary/aromatic N) is 1. The fourth-order valence-corrected chi connectivity index (χ4v) is 2.63. The molecule has 16 heavy (non-hydrogen) atoms. The number of nitrogens with one attached hydrogen (secondary N) is 1. The van der Waals surface area contributed by atoms with Gasteiger partial charge in [0.2, 0.25) is 0 Å². The van der Waals surface area contributed by atoms with Gasteiger partial charge in [0.05, 0.1) is 0 Å². The van der Waals surface area contributed by atoms with Gasteiger partial charge in [-0.2, -0.15) is 0 Å². The summed E-state index contributed by atoms with van der Waals surface area (Å²) in [5.74, 6) is 0. The summed E-state index contributed by atoms with van der Waals surface area (Å²) in [6.45, 7) is 4.27. The molecule has 3 heteroatoms. The van der Waals surface area contributed by atoms with Crippen molar-refractivity contribution in [2.24, 2.45) is 0 Å². The number of hydrogen-bond donors (Lipinski definition) is 1. The Hall–Kier alpha value is -1.19. The van der Waals surface area contributed by atoms with Gasteiger partial charge >= 0.3 is 0 Å². The second kappa shape index (κ2) is 4.76. The Morgan fingerprint density at radius 3 is 2.75 bits per heavy atom. The van der Waals surface area contributed by atoms with Crippen LogP contribution in [0.5, 0.6) is 0 Å². The molecule has 84 valence electrons. The van der Waals surface area contributed by atoms with Crippen LogP contribution in [0.2, 0.25) is 0 Å². The van der Waals surface area contributed by atoms with Gasteiger partial charge in [-0.05, 0) is 26.5 Å². The Morgan fingerprint density at radius 1 is 1.31 bits per heavy atom. The normalized spacial score (nSPS) is 12.7. The largest absolute Gasteiger partial charge is 0.312 e. The summed E-state index contributed by atoms with van der Waals surface area (Å²) in [4.78, 5) is 5.77. The number of aryl methyl sites for hydroxylation is 1.